The van der Waals surface area contributed by atoms with Crippen molar-refractivity contribution in [1.82, 2.24) is 0 Å². The van der Waals surface area contributed by atoms with E-state index in [1.165, 1.54) is 31.4 Å². The van der Waals surface area contributed by atoms with Crippen molar-refractivity contribution in [3.8, 4) is 0 Å². The number of unbranched alkanes of at least 4 members (excludes halogenated alkanes) is 1. The van der Waals surface area contributed by atoms with Crippen LogP contribution in [0.15, 0.2) is 0 Å². The summed E-state index contributed by atoms with van der Waals surface area (Å²) in [6.07, 6.45) is 7.21. The van der Waals surface area contributed by atoms with Crippen molar-refractivity contribution < 1.29 is 4.74 Å². The van der Waals surface area contributed by atoms with Crippen molar-refractivity contribution in [2.45, 2.75) is 65.9 Å². The molecule has 0 bridgehead atoms. The Hall–Kier alpha value is 0.310. The minimum atomic E-state index is 0.0933. The molecule has 0 aliphatic rings. The molecule has 16 heavy (non-hydrogen) atoms. The van der Waals surface area contributed by atoms with Gasteiger partial charge in [-0.05, 0) is 44.6 Å². The van der Waals surface area contributed by atoms with Gasteiger partial charge in [0.1, 0.15) is 0 Å². The Kier molecular flexibility index (Phi) is 13.8. The third-order valence-electron chi connectivity index (χ3n) is 2.58. The standard InChI is InChI=1S/C8H18O.C6H14S/c1-5-6-7-8(2,3)9-4;1-6(2)4-5-7-3/h5-7H2,1-4H3;6H,4-5H2,1-3H3. The second kappa shape index (κ2) is 11.8. The lowest BCUT2D eigenvalue weighted by Gasteiger charge is -2.21. The van der Waals surface area contributed by atoms with Gasteiger partial charge >= 0.3 is 0 Å². The average Bonchev–Trinajstić information content (AvgIpc) is 2.24. The minimum absolute atomic E-state index is 0.0933. The molecule has 0 amide bonds. The van der Waals surface area contributed by atoms with Gasteiger partial charge in [0.25, 0.3) is 0 Å². The van der Waals surface area contributed by atoms with E-state index in [4.69, 9.17) is 4.74 Å². The van der Waals surface area contributed by atoms with Gasteiger partial charge in [0.05, 0.1) is 5.60 Å². The fraction of sp³-hybridized carbons (Fsp3) is 1.00. The second-order valence-electron chi connectivity index (χ2n) is 5.24. The van der Waals surface area contributed by atoms with Crippen LogP contribution in [0.5, 0.6) is 0 Å². The topological polar surface area (TPSA) is 9.23 Å². The first-order valence-electron chi connectivity index (χ1n) is 6.43. The summed E-state index contributed by atoms with van der Waals surface area (Å²) in [4.78, 5) is 0. The lowest BCUT2D eigenvalue weighted by atomic mass is 10.0. The molecule has 0 N–H and O–H groups in total. The molecule has 0 radical (unpaired) electrons. The maximum absolute atomic E-state index is 5.24. The van der Waals surface area contributed by atoms with Crippen LogP contribution in [0.1, 0.15) is 60.3 Å². The molecule has 0 fully saturated rings. The predicted molar refractivity (Wildman–Crippen MR) is 78.5 cm³/mol. The minimum Gasteiger partial charge on any atom is -0.379 e. The van der Waals surface area contributed by atoms with Crippen molar-refractivity contribution in [3.05, 3.63) is 0 Å². The summed E-state index contributed by atoms with van der Waals surface area (Å²) in [6, 6.07) is 0. The normalized spacial score (nSPS) is 11.2. The molecule has 0 saturated heterocycles. The molecule has 1 nitrogen and oxygen atoms in total. The first kappa shape index (κ1) is 18.7. The van der Waals surface area contributed by atoms with E-state index in [2.05, 4.69) is 40.9 Å². The fourth-order valence-corrected chi connectivity index (χ4v) is 1.77. The molecule has 0 aromatic rings. The number of ether oxygens (including phenoxy) is 1. The molecule has 0 atom stereocenters. The molecule has 0 saturated carbocycles. The number of methoxy groups -OCH3 is 1. The van der Waals surface area contributed by atoms with Crippen LogP contribution in [-0.4, -0.2) is 24.7 Å². The quantitative estimate of drug-likeness (QED) is 0.627. The Balaban J connectivity index is 0. The molecule has 0 rings (SSSR count). The van der Waals surface area contributed by atoms with Crippen LogP contribution in [0.3, 0.4) is 0 Å². The third-order valence-corrected chi connectivity index (χ3v) is 3.23. The summed E-state index contributed by atoms with van der Waals surface area (Å²) in [5, 5.41) is 0. The Labute approximate surface area is 108 Å². The summed E-state index contributed by atoms with van der Waals surface area (Å²) in [7, 11) is 1.77. The van der Waals surface area contributed by atoms with Gasteiger partial charge in [0.15, 0.2) is 0 Å². The molecule has 0 aliphatic heterocycles. The van der Waals surface area contributed by atoms with E-state index in [0.29, 0.717) is 0 Å². The maximum atomic E-state index is 5.24. The van der Waals surface area contributed by atoms with Gasteiger partial charge in [-0.1, -0.05) is 33.6 Å². The Morgan fingerprint density at radius 3 is 2.06 bits per heavy atom. The van der Waals surface area contributed by atoms with Gasteiger partial charge < -0.3 is 4.74 Å². The van der Waals surface area contributed by atoms with Crippen LogP contribution in [-0.2, 0) is 4.74 Å². The van der Waals surface area contributed by atoms with Gasteiger partial charge in [-0.3, -0.25) is 0 Å². The van der Waals surface area contributed by atoms with E-state index in [1.807, 2.05) is 11.8 Å². The van der Waals surface area contributed by atoms with Crippen LogP contribution < -0.4 is 0 Å². The molecular weight excluding hydrogens is 216 g/mol. The van der Waals surface area contributed by atoms with E-state index in [9.17, 15) is 0 Å². The van der Waals surface area contributed by atoms with Crippen molar-refractivity contribution >= 4 is 11.8 Å². The molecule has 0 aromatic heterocycles. The molecule has 0 heterocycles. The van der Waals surface area contributed by atoms with Gasteiger partial charge in [-0.15, -0.1) is 0 Å². The van der Waals surface area contributed by atoms with Crippen molar-refractivity contribution in [2.75, 3.05) is 19.1 Å². The van der Waals surface area contributed by atoms with E-state index in [1.54, 1.807) is 7.11 Å². The van der Waals surface area contributed by atoms with E-state index >= 15 is 0 Å². The largest absolute Gasteiger partial charge is 0.379 e. The first-order valence-corrected chi connectivity index (χ1v) is 7.83. The first-order chi connectivity index (χ1) is 7.39. The zero-order chi connectivity index (χ0) is 13.0. The summed E-state index contributed by atoms with van der Waals surface area (Å²) in [6.45, 7) is 11.0. The molecule has 0 aliphatic carbocycles. The van der Waals surface area contributed by atoms with Crippen LogP contribution >= 0.6 is 11.8 Å². The lowest BCUT2D eigenvalue weighted by molar-refractivity contribution is 0.0138. The lowest BCUT2D eigenvalue weighted by Crippen LogP contribution is -2.21. The van der Waals surface area contributed by atoms with E-state index in [-0.39, 0.29) is 5.60 Å². The van der Waals surface area contributed by atoms with Crippen LogP contribution in [0.4, 0.5) is 0 Å². The Bertz CT molecular complexity index is 133. The monoisotopic (exact) mass is 248 g/mol. The van der Waals surface area contributed by atoms with Crippen molar-refractivity contribution in [3.63, 3.8) is 0 Å². The molecule has 0 spiro atoms. The predicted octanol–water partition coefficient (Wildman–Crippen LogP) is 5.00. The van der Waals surface area contributed by atoms with Crippen molar-refractivity contribution in [2.24, 2.45) is 5.92 Å². The highest BCUT2D eigenvalue weighted by Gasteiger charge is 2.13. The number of hydrogen-bond donors (Lipinski definition) is 0. The third kappa shape index (κ3) is 16.7. The van der Waals surface area contributed by atoms with Crippen LogP contribution in [0.2, 0.25) is 0 Å². The molecule has 100 valence electrons. The van der Waals surface area contributed by atoms with Gasteiger partial charge in [-0.25, -0.2) is 0 Å². The summed E-state index contributed by atoms with van der Waals surface area (Å²) < 4.78 is 5.24. The fourth-order valence-electron chi connectivity index (χ4n) is 1.06. The van der Waals surface area contributed by atoms with E-state index < -0.39 is 0 Å². The highest BCUT2D eigenvalue weighted by atomic mass is 32.2. The average molecular weight is 248 g/mol. The Morgan fingerprint density at radius 2 is 1.81 bits per heavy atom. The van der Waals surface area contributed by atoms with Gasteiger partial charge in [0, 0.05) is 7.11 Å². The molecule has 2 heteroatoms. The van der Waals surface area contributed by atoms with E-state index in [0.717, 1.165) is 5.92 Å². The summed E-state index contributed by atoms with van der Waals surface area (Å²) in [5.41, 5.74) is 0.0933. The number of rotatable bonds is 7. The highest BCUT2D eigenvalue weighted by molar-refractivity contribution is 7.98. The number of thioether (sulfide) groups is 1. The van der Waals surface area contributed by atoms with Crippen LogP contribution in [0, 0.1) is 5.92 Å². The molecule has 0 unspecified atom stereocenters. The van der Waals surface area contributed by atoms with Gasteiger partial charge in [0.2, 0.25) is 0 Å². The summed E-state index contributed by atoms with van der Waals surface area (Å²) >= 11 is 1.93. The van der Waals surface area contributed by atoms with Crippen molar-refractivity contribution in [1.29, 1.82) is 0 Å². The zero-order valence-electron chi connectivity index (χ0n) is 12.4. The Morgan fingerprint density at radius 1 is 1.25 bits per heavy atom. The molecular formula is C14H32OS. The van der Waals surface area contributed by atoms with Gasteiger partial charge in [-0.2, -0.15) is 11.8 Å². The highest BCUT2D eigenvalue weighted by Crippen LogP contribution is 2.15. The zero-order valence-corrected chi connectivity index (χ0v) is 13.2. The second-order valence-corrected chi connectivity index (χ2v) is 6.23. The van der Waals surface area contributed by atoms with Crippen LogP contribution in [0.25, 0.3) is 0 Å². The molecule has 0 aromatic carbocycles. The summed E-state index contributed by atoms with van der Waals surface area (Å²) in [5.74, 6) is 2.20. The smallest absolute Gasteiger partial charge is 0.0622 e. The maximum Gasteiger partial charge on any atom is 0.0622 e. The SMILES string of the molecule is CCCCC(C)(C)OC.CSCCC(C)C. The number of hydrogen-bond acceptors (Lipinski definition) is 2.